The quantitative estimate of drug-likeness (QED) is 0.636. The van der Waals surface area contributed by atoms with Crippen molar-refractivity contribution >= 4 is 7.12 Å². The Hall–Kier alpha value is -0.475. The molecule has 1 fully saturated rings. The van der Waals surface area contributed by atoms with Crippen LogP contribution in [0.5, 0.6) is 0 Å². The first kappa shape index (κ1) is 12.0. The van der Waals surface area contributed by atoms with Crippen LogP contribution in [0.3, 0.4) is 0 Å². The normalized spacial score (nSPS) is 36.1. The van der Waals surface area contributed by atoms with E-state index in [2.05, 4.69) is 58.8 Å². The summed E-state index contributed by atoms with van der Waals surface area (Å²) in [5, 5.41) is 0. The molecule has 0 N–H and O–H groups in total. The molecule has 2 rings (SSSR count). The second-order valence-corrected chi connectivity index (χ2v) is 5.95. The van der Waals surface area contributed by atoms with Gasteiger partial charge in [0.25, 0.3) is 0 Å². The van der Waals surface area contributed by atoms with Gasteiger partial charge in [-0.2, -0.15) is 0 Å². The van der Waals surface area contributed by atoms with Crippen molar-refractivity contribution in [3.63, 3.8) is 0 Å². The van der Waals surface area contributed by atoms with Gasteiger partial charge in [-0.05, 0) is 40.8 Å². The van der Waals surface area contributed by atoms with Crippen LogP contribution in [0.25, 0.3) is 0 Å². The Morgan fingerprint density at radius 1 is 1.12 bits per heavy atom. The molecular formula is C12H22BNO2. The van der Waals surface area contributed by atoms with E-state index in [0.29, 0.717) is 11.9 Å². The highest BCUT2D eigenvalue weighted by Crippen LogP contribution is 2.42. The first-order chi connectivity index (χ1) is 7.24. The van der Waals surface area contributed by atoms with Gasteiger partial charge in [0.1, 0.15) is 0 Å². The van der Waals surface area contributed by atoms with Crippen LogP contribution in [-0.2, 0) is 9.31 Å². The highest BCUT2D eigenvalue weighted by Gasteiger charge is 2.54. The Morgan fingerprint density at radius 3 is 2.00 bits per heavy atom. The molecule has 0 spiro atoms. The number of rotatable bonds is 1. The summed E-state index contributed by atoms with van der Waals surface area (Å²) in [6.45, 7) is 10.6. The Bertz CT molecular complexity index is 298. The highest BCUT2D eigenvalue weighted by atomic mass is 16.7. The fourth-order valence-electron chi connectivity index (χ4n) is 2.17. The van der Waals surface area contributed by atoms with Gasteiger partial charge in [0, 0.05) is 18.9 Å². The van der Waals surface area contributed by atoms with Crippen molar-refractivity contribution in [2.24, 2.45) is 0 Å². The molecule has 4 heteroatoms. The van der Waals surface area contributed by atoms with Crippen molar-refractivity contribution in [1.29, 1.82) is 0 Å². The van der Waals surface area contributed by atoms with E-state index in [4.69, 9.17) is 9.31 Å². The van der Waals surface area contributed by atoms with E-state index in [0.717, 1.165) is 0 Å². The first-order valence-electron chi connectivity index (χ1n) is 6.00. The topological polar surface area (TPSA) is 21.7 Å². The SMILES string of the molecule is CC1C(B2OC(C)(C)C(C)(C)O2)C=CN1C. The van der Waals surface area contributed by atoms with Crippen molar-refractivity contribution in [2.75, 3.05) is 7.05 Å². The Labute approximate surface area is 98.9 Å². The molecule has 1 saturated heterocycles. The van der Waals surface area contributed by atoms with Crippen molar-refractivity contribution < 1.29 is 9.31 Å². The van der Waals surface area contributed by atoms with Gasteiger partial charge >= 0.3 is 7.12 Å². The Balaban J connectivity index is 2.13. The molecule has 0 radical (unpaired) electrons. The van der Waals surface area contributed by atoms with Crippen LogP contribution in [0.15, 0.2) is 12.3 Å². The van der Waals surface area contributed by atoms with Gasteiger partial charge < -0.3 is 14.2 Å². The summed E-state index contributed by atoms with van der Waals surface area (Å²) in [6.07, 6.45) is 4.30. The lowest BCUT2D eigenvalue weighted by Crippen LogP contribution is -2.41. The second-order valence-electron chi connectivity index (χ2n) is 5.95. The van der Waals surface area contributed by atoms with Crippen LogP contribution in [0.1, 0.15) is 34.6 Å². The lowest BCUT2D eigenvalue weighted by molar-refractivity contribution is 0.00578. The molecule has 2 aliphatic rings. The van der Waals surface area contributed by atoms with E-state index in [1.54, 1.807) is 0 Å². The molecule has 2 heterocycles. The van der Waals surface area contributed by atoms with E-state index in [-0.39, 0.29) is 18.3 Å². The molecule has 3 nitrogen and oxygen atoms in total. The molecule has 16 heavy (non-hydrogen) atoms. The van der Waals surface area contributed by atoms with E-state index in [1.165, 1.54) is 0 Å². The van der Waals surface area contributed by atoms with Crippen LogP contribution in [0.4, 0.5) is 0 Å². The molecule has 0 amide bonds. The average molecular weight is 223 g/mol. The van der Waals surface area contributed by atoms with Gasteiger partial charge in [0.15, 0.2) is 0 Å². The molecule has 2 aliphatic heterocycles. The smallest absolute Gasteiger partial charge is 0.403 e. The number of hydrogen-bond acceptors (Lipinski definition) is 3. The van der Waals surface area contributed by atoms with Crippen LogP contribution in [0, 0.1) is 0 Å². The Kier molecular flexibility index (Phi) is 2.63. The first-order valence-corrected chi connectivity index (χ1v) is 6.00. The third-order valence-electron chi connectivity index (χ3n) is 4.33. The van der Waals surface area contributed by atoms with E-state index >= 15 is 0 Å². The summed E-state index contributed by atoms with van der Waals surface area (Å²) < 4.78 is 12.1. The zero-order valence-electron chi connectivity index (χ0n) is 11.2. The maximum atomic E-state index is 6.07. The standard InChI is InChI=1S/C12H22BNO2/c1-9-10(7-8-14(9)6)13-15-11(2,3)12(4,5)16-13/h7-10H,1-6H3. The molecule has 2 unspecified atom stereocenters. The predicted molar refractivity (Wildman–Crippen MR) is 66.2 cm³/mol. The summed E-state index contributed by atoms with van der Waals surface area (Å²) in [5.41, 5.74) is -0.460. The molecule has 90 valence electrons. The fourth-order valence-corrected chi connectivity index (χ4v) is 2.17. The van der Waals surface area contributed by atoms with Crippen LogP contribution in [0.2, 0.25) is 5.82 Å². The minimum atomic E-state index is -0.230. The van der Waals surface area contributed by atoms with Gasteiger partial charge in [-0.15, -0.1) is 0 Å². The minimum absolute atomic E-state index is 0.124. The average Bonchev–Trinajstić information content (AvgIpc) is 2.54. The van der Waals surface area contributed by atoms with Crippen LogP contribution < -0.4 is 0 Å². The van der Waals surface area contributed by atoms with Crippen molar-refractivity contribution in [3.8, 4) is 0 Å². The van der Waals surface area contributed by atoms with Crippen LogP contribution in [-0.4, -0.2) is 36.3 Å². The second kappa shape index (κ2) is 3.51. The maximum Gasteiger partial charge on any atom is 0.467 e. The third kappa shape index (κ3) is 1.68. The maximum absolute atomic E-state index is 6.07. The Morgan fingerprint density at radius 2 is 1.62 bits per heavy atom. The summed E-state index contributed by atoms with van der Waals surface area (Å²) in [5.74, 6) is 0.325. The summed E-state index contributed by atoms with van der Waals surface area (Å²) in [4.78, 5) is 2.20. The van der Waals surface area contributed by atoms with Crippen LogP contribution >= 0.6 is 0 Å². The molecular weight excluding hydrogens is 201 g/mol. The van der Waals surface area contributed by atoms with Crippen molar-refractivity contribution in [3.05, 3.63) is 12.3 Å². The van der Waals surface area contributed by atoms with E-state index in [1.807, 2.05) is 0 Å². The minimum Gasteiger partial charge on any atom is -0.403 e. The zero-order valence-corrected chi connectivity index (χ0v) is 11.2. The van der Waals surface area contributed by atoms with Gasteiger partial charge in [0.2, 0.25) is 0 Å². The van der Waals surface area contributed by atoms with Gasteiger partial charge in [-0.1, -0.05) is 6.08 Å². The highest BCUT2D eigenvalue weighted by molar-refractivity contribution is 6.48. The molecule has 0 aromatic heterocycles. The molecule has 0 aromatic carbocycles. The number of hydrogen-bond donors (Lipinski definition) is 0. The molecule has 0 aromatic rings. The fraction of sp³-hybridized carbons (Fsp3) is 0.833. The summed E-state index contributed by atoms with van der Waals surface area (Å²) >= 11 is 0. The molecule has 2 atom stereocenters. The zero-order chi connectivity index (χ0) is 12.1. The van der Waals surface area contributed by atoms with Crippen molar-refractivity contribution in [1.82, 2.24) is 4.90 Å². The summed E-state index contributed by atoms with van der Waals surface area (Å²) in [7, 11) is 1.97. The lowest BCUT2D eigenvalue weighted by Gasteiger charge is -2.32. The lowest BCUT2D eigenvalue weighted by atomic mass is 9.69. The van der Waals surface area contributed by atoms with Gasteiger partial charge in [-0.3, -0.25) is 0 Å². The van der Waals surface area contributed by atoms with Crippen molar-refractivity contribution in [2.45, 2.75) is 57.7 Å². The molecule has 0 bridgehead atoms. The summed E-state index contributed by atoms with van der Waals surface area (Å²) in [6, 6.07) is 0.440. The predicted octanol–water partition coefficient (Wildman–Crippen LogP) is 2.30. The third-order valence-corrected chi connectivity index (χ3v) is 4.33. The van der Waals surface area contributed by atoms with Gasteiger partial charge in [-0.25, -0.2) is 0 Å². The number of nitrogens with zero attached hydrogens (tertiary/aromatic N) is 1. The van der Waals surface area contributed by atoms with E-state index in [9.17, 15) is 0 Å². The molecule has 0 saturated carbocycles. The van der Waals surface area contributed by atoms with E-state index < -0.39 is 0 Å². The monoisotopic (exact) mass is 223 g/mol. The largest absolute Gasteiger partial charge is 0.467 e. The van der Waals surface area contributed by atoms with Gasteiger partial charge in [0.05, 0.1) is 11.2 Å². The molecule has 0 aliphatic carbocycles.